The number of hydrogen-bond acceptors (Lipinski definition) is 1. The molecule has 0 aromatic rings. The second-order valence-corrected chi connectivity index (χ2v) is 2.95. The van der Waals surface area contributed by atoms with Crippen LogP contribution in [0.15, 0.2) is 4.99 Å². The van der Waals surface area contributed by atoms with Gasteiger partial charge in [0.25, 0.3) is 0 Å². The predicted molar refractivity (Wildman–Crippen MR) is 37.5 cm³/mol. The molecule has 0 fully saturated rings. The van der Waals surface area contributed by atoms with E-state index >= 15 is 0 Å². The Morgan fingerprint density at radius 3 is 2.25 bits per heavy atom. The average molecular weight is 135 g/mol. The minimum atomic E-state index is -0.375. The van der Waals surface area contributed by atoms with Crippen LogP contribution in [0.25, 0.3) is 0 Å². The average Bonchev–Trinajstić information content (AvgIpc) is 1.59. The number of rotatable bonds is 2. The molecular formula is C5H11ClN2. The Labute approximate surface area is 54.9 Å². The maximum atomic E-state index is 5.71. The van der Waals surface area contributed by atoms with E-state index in [1.165, 1.54) is 0 Å². The molecule has 48 valence electrons. The van der Waals surface area contributed by atoms with Crippen LogP contribution in [0, 0.1) is 0 Å². The Bertz CT molecular complexity index is 82.9. The molecule has 3 heteroatoms. The number of aliphatic imine (C=N–C) groups is 1. The minimum absolute atomic E-state index is 0.375. The molecule has 0 aliphatic heterocycles. The second kappa shape index (κ2) is 2.92. The van der Waals surface area contributed by atoms with Crippen LogP contribution in [-0.2, 0) is 0 Å². The first kappa shape index (κ1) is 7.76. The highest BCUT2D eigenvalue weighted by Gasteiger charge is 2.07. The van der Waals surface area contributed by atoms with Crippen LogP contribution < -0.4 is 5.32 Å². The maximum Gasteiger partial charge on any atom is 0.107 e. The lowest BCUT2D eigenvalue weighted by Crippen LogP contribution is -2.31. The van der Waals surface area contributed by atoms with Crippen LogP contribution in [0.1, 0.15) is 13.8 Å². The van der Waals surface area contributed by atoms with Gasteiger partial charge in [-0.3, -0.25) is 4.99 Å². The van der Waals surface area contributed by atoms with E-state index < -0.39 is 0 Å². The molecule has 0 bridgehead atoms. The normalized spacial score (nSPS) is 12.5. The van der Waals surface area contributed by atoms with Crippen LogP contribution in [-0.4, -0.2) is 18.4 Å². The van der Waals surface area contributed by atoms with Gasteiger partial charge in [0.15, 0.2) is 0 Å². The van der Waals surface area contributed by atoms with Crippen molar-refractivity contribution >= 4 is 17.9 Å². The third-order valence-corrected chi connectivity index (χ3v) is 0.646. The zero-order valence-electron chi connectivity index (χ0n) is 5.40. The van der Waals surface area contributed by atoms with Crippen molar-refractivity contribution < 1.29 is 0 Å². The molecule has 0 aromatic heterocycles. The number of nitrogens with zero attached hydrogens (tertiary/aromatic N) is 1. The van der Waals surface area contributed by atoms with Crippen molar-refractivity contribution in [2.75, 3.05) is 7.05 Å². The fraction of sp³-hybridized carbons (Fsp3) is 0.800. The Balaban J connectivity index is 3.39. The summed E-state index contributed by atoms with van der Waals surface area (Å²) < 4.78 is 0. The molecule has 0 saturated carbocycles. The van der Waals surface area contributed by atoms with Gasteiger partial charge in [-0.25, -0.2) is 0 Å². The Morgan fingerprint density at radius 2 is 2.12 bits per heavy atom. The first-order chi connectivity index (χ1) is 3.56. The van der Waals surface area contributed by atoms with Crippen LogP contribution in [0.2, 0.25) is 0 Å². The molecule has 2 nitrogen and oxygen atoms in total. The summed E-state index contributed by atoms with van der Waals surface area (Å²) in [5.41, 5.74) is 0. The molecule has 0 atom stereocenters. The van der Waals surface area contributed by atoms with E-state index in [9.17, 15) is 0 Å². The molecule has 0 aliphatic carbocycles. The largest absolute Gasteiger partial charge is 0.358 e. The molecule has 0 aromatic carbocycles. The van der Waals surface area contributed by atoms with Gasteiger partial charge in [0.05, 0.1) is 6.34 Å². The van der Waals surface area contributed by atoms with Gasteiger partial charge in [-0.15, -0.1) is 0 Å². The van der Waals surface area contributed by atoms with Crippen LogP contribution in [0.3, 0.4) is 0 Å². The summed E-state index contributed by atoms with van der Waals surface area (Å²) in [4.78, 5) is 3.32. The van der Waals surface area contributed by atoms with Crippen molar-refractivity contribution in [2.45, 2.75) is 18.8 Å². The lowest BCUT2D eigenvalue weighted by Gasteiger charge is -2.14. The molecule has 0 rings (SSSR count). The first-order valence-electron chi connectivity index (χ1n) is 2.43. The summed E-state index contributed by atoms with van der Waals surface area (Å²) in [6.07, 6.45) is 1.58. The third-order valence-electron chi connectivity index (χ3n) is 0.537. The zero-order chi connectivity index (χ0) is 6.62. The van der Waals surface area contributed by atoms with Crippen LogP contribution in [0.5, 0.6) is 0 Å². The van der Waals surface area contributed by atoms with Crippen molar-refractivity contribution in [1.82, 2.24) is 5.32 Å². The lowest BCUT2D eigenvalue weighted by molar-refractivity contribution is 0.661. The van der Waals surface area contributed by atoms with E-state index in [1.54, 1.807) is 13.4 Å². The van der Waals surface area contributed by atoms with Crippen molar-refractivity contribution in [1.29, 1.82) is 0 Å². The SMILES string of the molecule is CN=CNC(C)(C)Cl. The van der Waals surface area contributed by atoms with Crippen molar-refractivity contribution in [3.63, 3.8) is 0 Å². The van der Waals surface area contributed by atoms with Gasteiger partial charge in [-0.05, 0) is 13.8 Å². The molecule has 8 heavy (non-hydrogen) atoms. The van der Waals surface area contributed by atoms with Crippen molar-refractivity contribution in [2.24, 2.45) is 4.99 Å². The molecule has 0 radical (unpaired) electrons. The molecule has 0 saturated heterocycles. The Hall–Kier alpha value is -0.240. The molecule has 0 unspecified atom stereocenters. The Morgan fingerprint density at radius 1 is 1.62 bits per heavy atom. The van der Waals surface area contributed by atoms with E-state index in [2.05, 4.69) is 10.3 Å². The van der Waals surface area contributed by atoms with Crippen LogP contribution in [0.4, 0.5) is 0 Å². The summed E-state index contributed by atoms with van der Waals surface area (Å²) in [6, 6.07) is 0. The molecular weight excluding hydrogens is 124 g/mol. The topological polar surface area (TPSA) is 24.4 Å². The maximum absolute atomic E-state index is 5.71. The predicted octanol–water partition coefficient (Wildman–Crippen LogP) is 1.21. The standard InChI is InChI=1S/C5H11ClN2/c1-5(2,6)8-4-7-3/h4H,1-3H3,(H,7,8). The molecule has 0 amide bonds. The van der Waals surface area contributed by atoms with E-state index in [-0.39, 0.29) is 5.00 Å². The molecule has 0 aliphatic rings. The van der Waals surface area contributed by atoms with Gasteiger partial charge in [0, 0.05) is 7.05 Å². The van der Waals surface area contributed by atoms with E-state index in [0.717, 1.165) is 0 Å². The number of hydrogen-bond donors (Lipinski definition) is 1. The monoisotopic (exact) mass is 134 g/mol. The summed E-state index contributed by atoms with van der Waals surface area (Å²) in [6.45, 7) is 3.71. The smallest absolute Gasteiger partial charge is 0.107 e. The second-order valence-electron chi connectivity index (χ2n) is 2.00. The number of nitrogens with one attached hydrogen (secondary N) is 1. The zero-order valence-corrected chi connectivity index (χ0v) is 6.16. The van der Waals surface area contributed by atoms with Gasteiger partial charge in [0.1, 0.15) is 5.00 Å². The number of alkyl halides is 1. The van der Waals surface area contributed by atoms with Gasteiger partial charge < -0.3 is 5.32 Å². The van der Waals surface area contributed by atoms with Gasteiger partial charge in [-0.1, -0.05) is 11.6 Å². The summed E-state index contributed by atoms with van der Waals surface area (Å²) >= 11 is 5.71. The summed E-state index contributed by atoms with van der Waals surface area (Å²) in [5.74, 6) is 0. The molecule has 0 heterocycles. The van der Waals surface area contributed by atoms with E-state index in [0.29, 0.717) is 0 Å². The van der Waals surface area contributed by atoms with E-state index in [1.807, 2.05) is 13.8 Å². The fourth-order valence-corrected chi connectivity index (χ4v) is 0.267. The highest BCUT2D eigenvalue weighted by Crippen LogP contribution is 2.04. The first-order valence-corrected chi connectivity index (χ1v) is 2.81. The summed E-state index contributed by atoms with van der Waals surface area (Å²) in [7, 11) is 1.69. The highest BCUT2D eigenvalue weighted by molar-refractivity contribution is 6.23. The van der Waals surface area contributed by atoms with Crippen LogP contribution >= 0.6 is 11.6 Å². The quantitative estimate of drug-likeness (QED) is 0.261. The van der Waals surface area contributed by atoms with Gasteiger partial charge in [0.2, 0.25) is 0 Å². The summed E-state index contributed by atoms with van der Waals surface area (Å²) in [5, 5.41) is 2.85. The number of halogens is 1. The molecule has 0 spiro atoms. The molecule has 1 N–H and O–H groups in total. The van der Waals surface area contributed by atoms with E-state index in [4.69, 9.17) is 11.6 Å². The van der Waals surface area contributed by atoms with Gasteiger partial charge in [-0.2, -0.15) is 0 Å². The third kappa shape index (κ3) is 5.76. The van der Waals surface area contributed by atoms with Crippen molar-refractivity contribution in [3.8, 4) is 0 Å². The fourth-order valence-electron chi connectivity index (χ4n) is 0.218. The van der Waals surface area contributed by atoms with Crippen molar-refractivity contribution in [3.05, 3.63) is 0 Å². The highest BCUT2D eigenvalue weighted by atomic mass is 35.5. The van der Waals surface area contributed by atoms with Gasteiger partial charge >= 0.3 is 0 Å². The minimum Gasteiger partial charge on any atom is -0.358 e. The lowest BCUT2D eigenvalue weighted by atomic mass is 10.4. The Kier molecular flexibility index (Phi) is 2.84.